The fourth-order valence-corrected chi connectivity index (χ4v) is 2.65. The Morgan fingerprint density at radius 2 is 2.10 bits per heavy atom. The van der Waals surface area contributed by atoms with Crippen molar-refractivity contribution in [1.29, 1.82) is 5.26 Å². The molecule has 116 valence electrons. The Kier molecular flexibility index (Phi) is 7.55. The highest BCUT2D eigenvalue weighted by Crippen LogP contribution is 2.25. The summed E-state index contributed by atoms with van der Waals surface area (Å²) in [5.74, 6) is 0.669. The molecule has 1 fully saturated rings. The van der Waals surface area contributed by atoms with Crippen molar-refractivity contribution >= 4 is 0 Å². The van der Waals surface area contributed by atoms with Crippen LogP contribution >= 0.6 is 0 Å². The van der Waals surface area contributed by atoms with Crippen LogP contribution in [-0.2, 0) is 4.74 Å². The van der Waals surface area contributed by atoms with Crippen molar-refractivity contribution in [3.8, 4) is 6.07 Å². The average molecular weight is 280 g/mol. The second-order valence-electron chi connectivity index (χ2n) is 6.63. The lowest BCUT2D eigenvalue weighted by Crippen LogP contribution is -2.45. The Hall–Kier alpha value is -0.590. The molecule has 0 saturated heterocycles. The smallest absolute Gasteiger partial charge is 0.106 e. The molecular weight excluding hydrogens is 248 g/mol. The standard InChI is InChI=1S/C17H32N2O/c1-5-7-8-15(6-2)12-20-14(3)11-17(4,13-18)19-16-9-10-16/h14-16,19H,5-12H2,1-4H3. The molecule has 0 aromatic heterocycles. The first-order valence-corrected chi connectivity index (χ1v) is 8.33. The summed E-state index contributed by atoms with van der Waals surface area (Å²) in [5, 5.41) is 12.8. The molecule has 1 rings (SSSR count). The van der Waals surface area contributed by atoms with Gasteiger partial charge in [-0.3, -0.25) is 5.32 Å². The molecule has 20 heavy (non-hydrogen) atoms. The van der Waals surface area contributed by atoms with E-state index in [0.717, 1.165) is 13.0 Å². The van der Waals surface area contributed by atoms with Gasteiger partial charge in [-0.2, -0.15) is 5.26 Å². The fourth-order valence-electron chi connectivity index (χ4n) is 2.65. The first-order chi connectivity index (χ1) is 9.53. The van der Waals surface area contributed by atoms with Crippen LogP contribution in [0.1, 0.15) is 72.6 Å². The Morgan fingerprint density at radius 1 is 1.40 bits per heavy atom. The third kappa shape index (κ3) is 6.72. The van der Waals surface area contributed by atoms with E-state index in [1.54, 1.807) is 0 Å². The Morgan fingerprint density at radius 3 is 2.60 bits per heavy atom. The van der Waals surface area contributed by atoms with Gasteiger partial charge in [-0.1, -0.05) is 33.1 Å². The molecule has 3 nitrogen and oxygen atoms in total. The maximum absolute atomic E-state index is 9.38. The van der Waals surface area contributed by atoms with Gasteiger partial charge in [0.2, 0.25) is 0 Å². The number of rotatable bonds is 11. The van der Waals surface area contributed by atoms with Crippen molar-refractivity contribution in [3.63, 3.8) is 0 Å². The van der Waals surface area contributed by atoms with Crippen LogP contribution in [-0.4, -0.2) is 24.3 Å². The van der Waals surface area contributed by atoms with Crippen LogP contribution in [0.5, 0.6) is 0 Å². The van der Waals surface area contributed by atoms with E-state index in [1.807, 2.05) is 6.92 Å². The predicted molar refractivity (Wildman–Crippen MR) is 83.5 cm³/mol. The van der Waals surface area contributed by atoms with Gasteiger partial charge in [0.15, 0.2) is 0 Å². The molecule has 3 unspecified atom stereocenters. The van der Waals surface area contributed by atoms with Crippen LogP contribution in [0.2, 0.25) is 0 Å². The van der Waals surface area contributed by atoms with E-state index in [-0.39, 0.29) is 6.10 Å². The molecule has 3 atom stereocenters. The molecule has 0 spiro atoms. The van der Waals surface area contributed by atoms with Gasteiger partial charge in [0.05, 0.1) is 12.2 Å². The number of hydrogen-bond donors (Lipinski definition) is 1. The number of nitriles is 1. The van der Waals surface area contributed by atoms with Gasteiger partial charge >= 0.3 is 0 Å². The van der Waals surface area contributed by atoms with E-state index in [0.29, 0.717) is 12.0 Å². The Labute approximate surface area is 125 Å². The van der Waals surface area contributed by atoms with E-state index in [2.05, 4.69) is 32.2 Å². The maximum Gasteiger partial charge on any atom is 0.106 e. The van der Waals surface area contributed by atoms with E-state index >= 15 is 0 Å². The van der Waals surface area contributed by atoms with Gasteiger partial charge in [0.1, 0.15) is 5.54 Å². The molecule has 0 aliphatic heterocycles. The first kappa shape index (κ1) is 17.5. The molecule has 0 bridgehead atoms. The molecule has 1 aliphatic rings. The molecule has 1 saturated carbocycles. The summed E-state index contributed by atoms with van der Waals surface area (Å²) >= 11 is 0. The van der Waals surface area contributed by atoms with Crippen molar-refractivity contribution in [2.45, 2.75) is 90.3 Å². The van der Waals surface area contributed by atoms with Gasteiger partial charge in [-0.25, -0.2) is 0 Å². The minimum absolute atomic E-state index is 0.140. The molecule has 0 radical (unpaired) electrons. The molecule has 0 heterocycles. The van der Waals surface area contributed by atoms with E-state index < -0.39 is 5.54 Å². The van der Waals surface area contributed by atoms with E-state index in [9.17, 15) is 5.26 Å². The summed E-state index contributed by atoms with van der Waals surface area (Å²) in [6.45, 7) is 9.40. The maximum atomic E-state index is 9.38. The number of nitrogens with one attached hydrogen (secondary N) is 1. The first-order valence-electron chi connectivity index (χ1n) is 8.33. The summed E-state index contributed by atoms with van der Waals surface area (Å²) in [4.78, 5) is 0. The fraction of sp³-hybridized carbons (Fsp3) is 0.941. The van der Waals surface area contributed by atoms with Crippen molar-refractivity contribution in [1.82, 2.24) is 5.32 Å². The largest absolute Gasteiger partial charge is 0.378 e. The SMILES string of the molecule is CCCCC(CC)COC(C)CC(C)(C#N)NC1CC1. The van der Waals surface area contributed by atoms with Gasteiger partial charge in [0.25, 0.3) is 0 Å². The molecule has 1 aliphatic carbocycles. The van der Waals surface area contributed by atoms with Crippen molar-refractivity contribution < 1.29 is 4.74 Å². The van der Waals surface area contributed by atoms with Crippen LogP contribution in [0.15, 0.2) is 0 Å². The lowest BCUT2D eigenvalue weighted by Gasteiger charge is -2.27. The van der Waals surface area contributed by atoms with Crippen LogP contribution in [0, 0.1) is 17.2 Å². The van der Waals surface area contributed by atoms with E-state index in [1.165, 1.54) is 38.5 Å². The quantitative estimate of drug-likeness (QED) is 0.621. The van der Waals surface area contributed by atoms with Gasteiger partial charge in [-0.05, 0) is 39.0 Å². The number of hydrogen-bond acceptors (Lipinski definition) is 3. The third-order valence-corrected chi connectivity index (χ3v) is 4.20. The number of nitrogens with zero attached hydrogens (tertiary/aromatic N) is 1. The Balaban J connectivity index is 2.29. The van der Waals surface area contributed by atoms with Gasteiger partial charge in [0, 0.05) is 19.1 Å². The topological polar surface area (TPSA) is 45.0 Å². The summed E-state index contributed by atoms with van der Waals surface area (Å²) in [6, 6.07) is 2.98. The van der Waals surface area contributed by atoms with Gasteiger partial charge < -0.3 is 4.74 Å². The zero-order chi connectivity index (χ0) is 15.0. The molecule has 0 amide bonds. The summed E-state index contributed by atoms with van der Waals surface area (Å²) in [6.07, 6.45) is 8.31. The number of ether oxygens (including phenoxy) is 1. The van der Waals surface area contributed by atoms with E-state index in [4.69, 9.17) is 4.74 Å². The highest BCUT2D eigenvalue weighted by Gasteiger charge is 2.33. The summed E-state index contributed by atoms with van der Waals surface area (Å²) in [5.41, 5.74) is -0.439. The normalized spacial score (nSPS) is 20.9. The minimum Gasteiger partial charge on any atom is -0.378 e. The molecule has 0 aromatic rings. The predicted octanol–water partition coefficient (Wildman–Crippen LogP) is 4.03. The van der Waals surface area contributed by atoms with Crippen molar-refractivity contribution in [2.75, 3.05) is 6.61 Å². The third-order valence-electron chi connectivity index (χ3n) is 4.20. The van der Waals surface area contributed by atoms with Crippen LogP contribution in [0.25, 0.3) is 0 Å². The van der Waals surface area contributed by atoms with Gasteiger partial charge in [-0.15, -0.1) is 0 Å². The zero-order valence-corrected chi connectivity index (χ0v) is 13.7. The minimum atomic E-state index is -0.439. The monoisotopic (exact) mass is 280 g/mol. The second-order valence-corrected chi connectivity index (χ2v) is 6.63. The molecule has 3 heteroatoms. The molecule has 0 aromatic carbocycles. The highest BCUT2D eigenvalue weighted by molar-refractivity contribution is 5.07. The summed E-state index contributed by atoms with van der Waals surface area (Å²) < 4.78 is 6.00. The highest BCUT2D eigenvalue weighted by atomic mass is 16.5. The van der Waals surface area contributed by atoms with Crippen LogP contribution in [0.3, 0.4) is 0 Å². The zero-order valence-electron chi connectivity index (χ0n) is 13.7. The van der Waals surface area contributed by atoms with Crippen LogP contribution in [0.4, 0.5) is 0 Å². The van der Waals surface area contributed by atoms with Crippen molar-refractivity contribution in [2.24, 2.45) is 5.92 Å². The molecular formula is C17H32N2O. The lowest BCUT2D eigenvalue weighted by atomic mass is 9.96. The molecule has 1 N–H and O–H groups in total. The summed E-state index contributed by atoms with van der Waals surface area (Å²) in [7, 11) is 0. The van der Waals surface area contributed by atoms with Crippen molar-refractivity contribution in [3.05, 3.63) is 0 Å². The lowest BCUT2D eigenvalue weighted by molar-refractivity contribution is 0.0218. The number of unbranched alkanes of at least 4 members (excludes halogenated alkanes) is 1. The second kappa shape index (κ2) is 8.64. The Bertz CT molecular complexity index is 309. The average Bonchev–Trinajstić information content (AvgIpc) is 3.22. The van der Waals surface area contributed by atoms with Crippen LogP contribution < -0.4 is 5.32 Å².